The lowest BCUT2D eigenvalue weighted by Crippen LogP contribution is -2.11. The maximum Gasteiger partial charge on any atom is 0.306 e. The van der Waals surface area contributed by atoms with Gasteiger partial charge < -0.3 is 4.74 Å². The lowest BCUT2D eigenvalue weighted by atomic mass is 10.1. The summed E-state index contributed by atoms with van der Waals surface area (Å²) in [6.45, 7) is 3.71. The number of hydrogen-bond donors (Lipinski definition) is 0. The Bertz CT molecular complexity index is 330. The molecule has 0 unspecified atom stereocenters. The van der Waals surface area contributed by atoms with Crippen LogP contribution >= 0.6 is 11.6 Å². The van der Waals surface area contributed by atoms with Gasteiger partial charge in [0.25, 0.3) is 0 Å². The van der Waals surface area contributed by atoms with Crippen molar-refractivity contribution in [2.45, 2.75) is 38.7 Å². The number of esters is 1. The van der Waals surface area contributed by atoms with Crippen LogP contribution in [0.2, 0.25) is 0 Å². The van der Waals surface area contributed by atoms with Gasteiger partial charge in [0.1, 0.15) is 0 Å². The normalized spacial score (nSPS) is 10.5. The first-order valence-corrected chi connectivity index (χ1v) is 5.98. The second-order valence-corrected chi connectivity index (χ2v) is 4.26. The number of carbonyl (C=O) groups is 1. The first-order valence-electron chi connectivity index (χ1n) is 5.45. The van der Waals surface area contributed by atoms with E-state index in [1.807, 2.05) is 38.1 Å². The molecule has 0 saturated carbocycles. The van der Waals surface area contributed by atoms with E-state index in [2.05, 4.69) is 0 Å². The van der Waals surface area contributed by atoms with Crippen molar-refractivity contribution in [1.29, 1.82) is 0 Å². The van der Waals surface area contributed by atoms with E-state index < -0.39 is 0 Å². The Morgan fingerprint density at radius 1 is 1.25 bits per heavy atom. The summed E-state index contributed by atoms with van der Waals surface area (Å²) >= 11 is 5.69. The molecule has 0 aliphatic rings. The number of halogens is 1. The molecular formula is C13H17ClO2. The number of carbonyl (C=O) groups excluding carboxylic acids is 1. The van der Waals surface area contributed by atoms with E-state index in [0.717, 1.165) is 11.1 Å². The molecule has 0 amide bonds. The third-order valence-corrected chi connectivity index (χ3v) is 2.47. The minimum atomic E-state index is -0.142. The molecule has 0 aromatic heterocycles. The van der Waals surface area contributed by atoms with Gasteiger partial charge in [-0.3, -0.25) is 4.79 Å². The molecule has 16 heavy (non-hydrogen) atoms. The molecule has 0 N–H and O–H groups in total. The van der Waals surface area contributed by atoms with Gasteiger partial charge in [0.2, 0.25) is 0 Å². The van der Waals surface area contributed by atoms with Crippen molar-refractivity contribution in [2.75, 3.05) is 0 Å². The number of alkyl halides is 1. The number of ether oxygens (including phenoxy) is 1. The largest absolute Gasteiger partial charge is 0.463 e. The average molecular weight is 241 g/mol. The summed E-state index contributed by atoms with van der Waals surface area (Å²) in [4.78, 5) is 11.3. The maximum atomic E-state index is 11.3. The van der Waals surface area contributed by atoms with Crippen LogP contribution in [-0.4, -0.2) is 12.1 Å². The quantitative estimate of drug-likeness (QED) is 0.583. The maximum absolute atomic E-state index is 11.3. The lowest BCUT2D eigenvalue weighted by Gasteiger charge is -2.07. The van der Waals surface area contributed by atoms with Crippen LogP contribution in [0, 0.1) is 0 Å². The molecule has 0 aliphatic heterocycles. The molecule has 0 radical (unpaired) electrons. The van der Waals surface area contributed by atoms with Crippen molar-refractivity contribution in [1.82, 2.24) is 0 Å². The number of rotatable bonds is 5. The molecule has 2 nitrogen and oxygen atoms in total. The van der Waals surface area contributed by atoms with Crippen LogP contribution in [0.25, 0.3) is 0 Å². The number of hydrogen-bond acceptors (Lipinski definition) is 2. The fourth-order valence-electron chi connectivity index (χ4n) is 1.36. The van der Waals surface area contributed by atoms with E-state index in [-0.39, 0.29) is 12.1 Å². The van der Waals surface area contributed by atoms with Crippen molar-refractivity contribution < 1.29 is 9.53 Å². The second-order valence-electron chi connectivity index (χ2n) is 3.99. The first kappa shape index (κ1) is 13.0. The number of benzene rings is 1. The van der Waals surface area contributed by atoms with Gasteiger partial charge in [-0.05, 0) is 31.4 Å². The zero-order valence-electron chi connectivity index (χ0n) is 9.70. The van der Waals surface area contributed by atoms with Crippen LogP contribution < -0.4 is 0 Å². The van der Waals surface area contributed by atoms with Crippen molar-refractivity contribution in [3.63, 3.8) is 0 Å². The molecule has 1 aromatic carbocycles. The van der Waals surface area contributed by atoms with Crippen molar-refractivity contribution in [3.8, 4) is 0 Å². The van der Waals surface area contributed by atoms with Crippen molar-refractivity contribution in [3.05, 3.63) is 35.4 Å². The highest BCUT2D eigenvalue weighted by atomic mass is 35.5. The Hall–Kier alpha value is -1.02. The van der Waals surface area contributed by atoms with Gasteiger partial charge in [-0.2, -0.15) is 0 Å². The Kier molecular flexibility index (Phi) is 5.33. The van der Waals surface area contributed by atoms with Crippen LogP contribution in [0.1, 0.15) is 31.4 Å². The summed E-state index contributed by atoms with van der Waals surface area (Å²) in [6.07, 6.45) is 1.11. The Morgan fingerprint density at radius 2 is 1.81 bits per heavy atom. The first-order chi connectivity index (χ1) is 7.61. The average Bonchev–Trinajstić information content (AvgIpc) is 2.26. The van der Waals surface area contributed by atoms with Crippen LogP contribution in [-0.2, 0) is 21.8 Å². The molecule has 0 bridgehead atoms. The molecule has 3 heteroatoms. The third-order valence-electron chi connectivity index (χ3n) is 2.16. The van der Waals surface area contributed by atoms with Crippen LogP contribution in [0.15, 0.2) is 24.3 Å². The second kappa shape index (κ2) is 6.54. The van der Waals surface area contributed by atoms with Gasteiger partial charge in [-0.1, -0.05) is 24.3 Å². The predicted octanol–water partition coefficient (Wildman–Crippen LogP) is 3.31. The Balaban J connectivity index is 2.39. The topological polar surface area (TPSA) is 26.3 Å². The van der Waals surface area contributed by atoms with Gasteiger partial charge in [-0.25, -0.2) is 0 Å². The molecule has 1 rings (SSSR count). The van der Waals surface area contributed by atoms with Crippen molar-refractivity contribution >= 4 is 17.6 Å². The van der Waals surface area contributed by atoms with Crippen LogP contribution in [0.3, 0.4) is 0 Å². The number of aryl methyl sites for hydroxylation is 1. The summed E-state index contributed by atoms with van der Waals surface area (Å²) in [5, 5.41) is 0. The summed E-state index contributed by atoms with van der Waals surface area (Å²) < 4.78 is 5.06. The summed E-state index contributed by atoms with van der Waals surface area (Å²) in [5.41, 5.74) is 2.23. The van der Waals surface area contributed by atoms with Gasteiger partial charge in [0.15, 0.2) is 0 Å². The zero-order chi connectivity index (χ0) is 12.0. The van der Waals surface area contributed by atoms with E-state index in [1.54, 1.807) is 0 Å². The minimum Gasteiger partial charge on any atom is -0.463 e. The van der Waals surface area contributed by atoms with Gasteiger partial charge in [-0.15, -0.1) is 11.6 Å². The molecule has 88 valence electrons. The monoisotopic (exact) mass is 240 g/mol. The van der Waals surface area contributed by atoms with Gasteiger partial charge >= 0.3 is 5.97 Å². The molecule has 0 aliphatic carbocycles. The standard InChI is InChI=1S/C13H17ClO2/c1-10(2)16-13(15)8-7-11-3-5-12(9-14)6-4-11/h3-6,10H,7-9H2,1-2H3. The van der Waals surface area contributed by atoms with E-state index >= 15 is 0 Å². The summed E-state index contributed by atoms with van der Waals surface area (Å²) in [6, 6.07) is 7.97. The van der Waals surface area contributed by atoms with E-state index in [4.69, 9.17) is 16.3 Å². The fraction of sp³-hybridized carbons (Fsp3) is 0.462. The van der Waals surface area contributed by atoms with Gasteiger partial charge in [0.05, 0.1) is 6.10 Å². The predicted molar refractivity (Wildman–Crippen MR) is 65.5 cm³/mol. The highest BCUT2D eigenvalue weighted by molar-refractivity contribution is 6.17. The SMILES string of the molecule is CC(C)OC(=O)CCc1ccc(CCl)cc1. The molecule has 0 atom stereocenters. The van der Waals surface area contributed by atoms with Gasteiger partial charge in [0, 0.05) is 12.3 Å². The Labute approximate surface area is 102 Å². The van der Waals surface area contributed by atoms with Crippen LogP contribution in [0.4, 0.5) is 0 Å². The molecule has 0 spiro atoms. The molecule has 0 saturated heterocycles. The fourth-order valence-corrected chi connectivity index (χ4v) is 1.54. The van der Waals surface area contributed by atoms with E-state index in [0.29, 0.717) is 18.7 Å². The smallest absolute Gasteiger partial charge is 0.306 e. The zero-order valence-corrected chi connectivity index (χ0v) is 10.5. The highest BCUT2D eigenvalue weighted by Gasteiger charge is 2.05. The molecule has 0 heterocycles. The molecule has 0 fully saturated rings. The highest BCUT2D eigenvalue weighted by Crippen LogP contribution is 2.09. The minimum absolute atomic E-state index is 0.0360. The lowest BCUT2D eigenvalue weighted by molar-refractivity contribution is -0.147. The van der Waals surface area contributed by atoms with Crippen LogP contribution in [0.5, 0.6) is 0 Å². The van der Waals surface area contributed by atoms with E-state index in [1.165, 1.54) is 0 Å². The van der Waals surface area contributed by atoms with E-state index in [9.17, 15) is 4.79 Å². The summed E-state index contributed by atoms with van der Waals surface area (Å²) in [7, 11) is 0. The Morgan fingerprint density at radius 3 is 2.31 bits per heavy atom. The third kappa shape index (κ3) is 4.67. The molecule has 1 aromatic rings. The molecular weight excluding hydrogens is 224 g/mol. The van der Waals surface area contributed by atoms with Crippen molar-refractivity contribution in [2.24, 2.45) is 0 Å². The summed E-state index contributed by atoms with van der Waals surface area (Å²) in [5.74, 6) is 0.381.